The highest BCUT2D eigenvalue weighted by Gasteiger charge is 2.21. The van der Waals surface area contributed by atoms with Crippen LogP contribution in [0.2, 0.25) is 0 Å². The van der Waals surface area contributed by atoms with Crippen molar-refractivity contribution in [1.82, 2.24) is 50.7 Å². The second-order valence-electron chi connectivity index (χ2n) is 23.6. The number of rotatable bonds is 58. The fraction of sp³-hybridized carbons (Fsp3) is 0.629. The second kappa shape index (κ2) is 56.7. The van der Waals surface area contributed by atoms with Gasteiger partial charge in [0, 0.05) is 170 Å². The molecular weight excluding hydrogens is 1390 g/mol. The summed E-state index contributed by atoms with van der Waals surface area (Å²) in [5.74, 6) is -6.02. The number of benzene rings is 2. The zero-order chi connectivity index (χ0) is 78.3. The average molecular weight is 1500 g/mol. The smallest absolute Gasteiger partial charge is 0.338 e. The first-order valence-electron chi connectivity index (χ1n) is 34.9. The van der Waals surface area contributed by atoms with Crippen LogP contribution >= 0.6 is 0 Å². The monoisotopic (exact) mass is 1500 g/mol. The summed E-state index contributed by atoms with van der Waals surface area (Å²) >= 11 is 0. The van der Waals surface area contributed by atoms with E-state index < -0.39 is 59.7 Å². The molecular formula is C70H108N12O24. The van der Waals surface area contributed by atoms with Crippen molar-refractivity contribution in [3.05, 3.63) is 59.7 Å². The minimum Gasteiger partial charge on any atom is -0.469 e. The number of azo groups is 1. The van der Waals surface area contributed by atoms with E-state index >= 15 is 0 Å². The predicted octanol–water partition coefficient (Wildman–Crippen LogP) is 0.758. The Balaban J connectivity index is 2.11. The maximum Gasteiger partial charge on any atom is 0.338 e. The summed E-state index contributed by atoms with van der Waals surface area (Å²) in [5.41, 5.74) is 1.16. The maximum atomic E-state index is 13.3. The van der Waals surface area contributed by atoms with Crippen LogP contribution < -0.4 is 21.3 Å². The number of ether oxygens (including phenoxy) is 10. The minimum atomic E-state index is -0.658. The molecule has 0 fully saturated rings. The Morgan fingerprint density at radius 3 is 0.623 bits per heavy atom. The van der Waals surface area contributed by atoms with Gasteiger partial charge >= 0.3 is 59.7 Å². The number of hydrogen-bond donors (Lipinski definition) is 4. The number of nitrogens with one attached hydrogen (secondary N) is 4. The van der Waals surface area contributed by atoms with Crippen molar-refractivity contribution in [3.63, 3.8) is 0 Å². The molecule has 0 unspecified atom stereocenters. The SMILES string of the molecule is COC(=O)CCN(CCNC(=O)CCN(CCOC(=O)c1ccc(N=Nc2ccc(C(=O)OCCN(CCC(=O)NCCN(CCC(=O)OC)CCC(=O)OC)CCC(=O)NCCN(CCC(=O)OC)CCC(=O)OC)cc2)cc1)CCC(=O)NCCN(CCC(=O)OC)CCC(=O)OC)CCC(=O)OC. The first-order valence-corrected chi connectivity index (χ1v) is 34.9. The van der Waals surface area contributed by atoms with Crippen LogP contribution in [-0.4, -0.2) is 327 Å². The number of amides is 4. The Hall–Kier alpha value is -9.62. The zero-order valence-electron chi connectivity index (χ0n) is 62.5. The van der Waals surface area contributed by atoms with Crippen molar-refractivity contribution in [2.45, 2.75) is 77.0 Å². The number of carbonyl (C=O) groups is 14. The van der Waals surface area contributed by atoms with Crippen LogP contribution in [0.25, 0.3) is 0 Å². The topological polar surface area (TPSA) is 424 Å². The van der Waals surface area contributed by atoms with E-state index in [2.05, 4.69) is 31.5 Å². The molecule has 36 heteroatoms. The van der Waals surface area contributed by atoms with E-state index in [1.165, 1.54) is 81.1 Å². The van der Waals surface area contributed by atoms with Crippen molar-refractivity contribution in [1.29, 1.82) is 0 Å². The average Bonchev–Trinajstić information content (AvgIpc) is 0.874. The highest BCUT2D eigenvalue weighted by Crippen LogP contribution is 2.20. The van der Waals surface area contributed by atoms with Crippen molar-refractivity contribution >= 4 is 94.7 Å². The Kier molecular flexibility index (Phi) is 49.5. The summed E-state index contributed by atoms with van der Waals surface area (Å²) in [7, 11) is 10.2. The van der Waals surface area contributed by atoms with E-state index in [-0.39, 0.29) is 243 Å². The molecule has 0 aromatic heterocycles. The van der Waals surface area contributed by atoms with Crippen LogP contribution in [0.4, 0.5) is 11.4 Å². The summed E-state index contributed by atoms with van der Waals surface area (Å²) in [6, 6.07) is 12.2. The quantitative estimate of drug-likeness (QED) is 0.0403. The summed E-state index contributed by atoms with van der Waals surface area (Å²) in [6.45, 7) is 5.07. The van der Waals surface area contributed by atoms with Crippen molar-refractivity contribution in [2.75, 3.05) is 214 Å². The Labute approximate surface area is 618 Å². The normalized spacial score (nSPS) is 11.1. The van der Waals surface area contributed by atoms with Crippen LogP contribution in [0.15, 0.2) is 58.8 Å². The molecule has 4 N–H and O–H groups in total. The lowest BCUT2D eigenvalue weighted by Crippen LogP contribution is -2.40. The van der Waals surface area contributed by atoms with Crippen LogP contribution in [0.3, 0.4) is 0 Å². The lowest BCUT2D eigenvalue weighted by Gasteiger charge is -2.23. The molecule has 0 radical (unpaired) electrons. The molecule has 0 aliphatic heterocycles. The molecule has 0 bridgehead atoms. The van der Waals surface area contributed by atoms with E-state index in [1.54, 1.807) is 34.1 Å². The number of esters is 10. The van der Waals surface area contributed by atoms with Crippen LogP contribution in [-0.2, 0) is 105 Å². The van der Waals surface area contributed by atoms with Gasteiger partial charge in [0.2, 0.25) is 23.6 Å². The van der Waals surface area contributed by atoms with Gasteiger partial charge in [0.15, 0.2) is 0 Å². The molecule has 0 atom stereocenters. The summed E-state index contributed by atoms with van der Waals surface area (Å²) < 4.78 is 49.2. The first-order chi connectivity index (χ1) is 51.0. The fourth-order valence-electron chi connectivity index (χ4n) is 9.78. The molecule has 0 aliphatic carbocycles. The Bertz CT molecular complexity index is 2660. The lowest BCUT2D eigenvalue weighted by atomic mass is 10.2. The van der Waals surface area contributed by atoms with Crippen molar-refractivity contribution < 1.29 is 114 Å². The molecule has 0 heterocycles. The predicted molar refractivity (Wildman–Crippen MR) is 380 cm³/mol. The third-order valence-corrected chi connectivity index (χ3v) is 16.3. The van der Waals surface area contributed by atoms with Crippen molar-refractivity contribution in [2.24, 2.45) is 10.2 Å². The van der Waals surface area contributed by atoms with Gasteiger partial charge in [0.1, 0.15) is 13.2 Å². The van der Waals surface area contributed by atoms with Crippen LogP contribution in [0.1, 0.15) is 97.8 Å². The van der Waals surface area contributed by atoms with Gasteiger partial charge in [0.05, 0.1) is 131 Å². The molecule has 0 saturated heterocycles. The highest BCUT2D eigenvalue weighted by atomic mass is 16.6. The lowest BCUT2D eigenvalue weighted by molar-refractivity contribution is -0.142. The van der Waals surface area contributed by atoms with Gasteiger partial charge in [-0.15, -0.1) is 0 Å². The molecule has 36 nitrogen and oxygen atoms in total. The van der Waals surface area contributed by atoms with Gasteiger partial charge in [-0.3, -0.25) is 67.3 Å². The second-order valence-corrected chi connectivity index (χ2v) is 23.6. The molecule has 0 spiro atoms. The Morgan fingerprint density at radius 2 is 0.434 bits per heavy atom. The molecule has 0 saturated carbocycles. The molecule has 2 aromatic rings. The number of carbonyl (C=O) groups excluding carboxylic acids is 14. The zero-order valence-corrected chi connectivity index (χ0v) is 62.5. The number of methoxy groups -OCH3 is 8. The minimum absolute atomic E-state index is 0.00556. The third-order valence-electron chi connectivity index (χ3n) is 16.3. The van der Waals surface area contributed by atoms with Crippen LogP contribution in [0.5, 0.6) is 0 Å². The first kappa shape index (κ1) is 92.5. The van der Waals surface area contributed by atoms with Gasteiger partial charge < -0.3 is 88.2 Å². The van der Waals surface area contributed by atoms with Crippen LogP contribution in [0, 0.1) is 0 Å². The Morgan fingerprint density at radius 1 is 0.255 bits per heavy atom. The van der Waals surface area contributed by atoms with Gasteiger partial charge in [-0.25, -0.2) is 9.59 Å². The molecule has 4 amide bonds. The largest absolute Gasteiger partial charge is 0.469 e. The van der Waals surface area contributed by atoms with E-state index in [1.807, 2.05) is 19.6 Å². The number of hydrogen-bond acceptors (Lipinski definition) is 32. The molecule has 2 rings (SSSR count). The molecule has 592 valence electrons. The summed E-state index contributed by atoms with van der Waals surface area (Å²) in [4.78, 5) is 185. The third kappa shape index (κ3) is 44.9. The number of nitrogens with zero attached hydrogens (tertiary/aromatic N) is 8. The van der Waals surface area contributed by atoms with Gasteiger partial charge in [-0.2, -0.15) is 10.2 Å². The van der Waals surface area contributed by atoms with E-state index in [9.17, 15) is 67.1 Å². The molecule has 106 heavy (non-hydrogen) atoms. The molecule has 2 aromatic carbocycles. The van der Waals surface area contributed by atoms with Gasteiger partial charge in [0.25, 0.3) is 0 Å². The van der Waals surface area contributed by atoms with Crippen molar-refractivity contribution in [3.8, 4) is 0 Å². The maximum absolute atomic E-state index is 13.3. The summed E-state index contributed by atoms with van der Waals surface area (Å²) in [5, 5.41) is 19.9. The summed E-state index contributed by atoms with van der Waals surface area (Å²) in [6.07, 6.45) is 0.615. The van der Waals surface area contributed by atoms with E-state index in [0.717, 1.165) is 0 Å². The van der Waals surface area contributed by atoms with E-state index in [0.29, 0.717) is 37.6 Å². The standard InChI is InChI=1S/C70H108N12O24/c1-97-61(87)21-37-77(38-22-62(88)98-2)45-29-71-57(83)17-33-81(34-18-58(84)72-30-46-78(39-23-63(89)99-3)40-24-64(90)100-4)49-51-105-69(95)53-9-13-55(14-10-53)75-76-56-15-11-54(12-16-56)70(96)106-52-50-82(35-19-59(85)73-31-47-79(41-25-65(91)101-5)42-26-66(92)102-6)36-20-60(86)74-32-48-80(43-27-67(93)103-7)44-28-68(94)104-8/h9-16H,17-52H2,1-8H3,(H,71,83)(H,72,84)(H,73,85)(H,74,86). The fourth-order valence-corrected chi connectivity index (χ4v) is 9.78. The molecule has 0 aliphatic rings. The van der Waals surface area contributed by atoms with Gasteiger partial charge in [-0.1, -0.05) is 0 Å². The highest BCUT2D eigenvalue weighted by molar-refractivity contribution is 5.90. The van der Waals surface area contributed by atoms with E-state index in [4.69, 9.17) is 47.4 Å². The van der Waals surface area contributed by atoms with Gasteiger partial charge in [-0.05, 0) is 48.5 Å².